The summed E-state index contributed by atoms with van der Waals surface area (Å²) in [7, 11) is -2.01. The lowest BCUT2D eigenvalue weighted by atomic mass is 10.1. The van der Waals surface area contributed by atoms with Crippen LogP contribution in [0, 0.1) is 0 Å². The number of aromatic nitrogens is 1. The molecule has 0 aliphatic carbocycles. The Balaban J connectivity index is 1.92. The molecule has 1 heterocycles. The molecule has 0 radical (unpaired) electrons. The molecule has 0 bridgehead atoms. The Morgan fingerprint density at radius 1 is 1.26 bits per heavy atom. The second kappa shape index (κ2) is 7.38. The first-order valence-corrected chi connectivity index (χ1v) is 8.85. The number of amides is 1. The number of aromatic amines is 1. The number of pyridine rings is 1. The number of hydrogen-bond donors (Lipinski definition) is 3. The molecule has 124 valence electrons. The van der Waals surface area contributed by atoms with Gasteiger partial charge in [0, 0.05) is 24.0 Å². The molecule has 0 spiro atoms. The molecular weight excluding hydrogens is 318 g/mol. The maximum Gasteiger partial charge on any atom is 0.251 e. The molecule has 1 aromatic carbocycles. The number of nitrogens with one attached hydrogen (secondary N) is 3. The largest absolute Gasteiger partial charge is 0.355 e. The minimum Gasteiger partial charge on any atom is -0.355 e. The Kier molecular flexibility index (Phi) is 5.51. The third-order valence-corrected chi connectivity index (χ3v) is 4.82. The molecule has 1 aromatic heterocycles. The molecule has 0 fully saturated rings. The fourth-order valence-corrected chi connectivity index (χ4v) is 2.72. The van der Waals surface area contributed by atoms with Crippen LogP contribution in [0.1, 0.15) is 12.0 Å². The Morgan fingerprint density at radius 3 is 2.74 bits per heavy atom. The highest BCUT2D eigenvalue weighted by molar-refractivity contribution is 7.89. The molecule has 0 saturated heterocycles. The van der Waals surface area contributed by atoms with Crippen LogP contribution in [-0.2, 0) is 21.2 Å². The summed E-state index contributed by atoms with van der Waals surface area (Å²) in [5, 5.41) is 3.43. The van der Waals surface area contributed by atoms with Gasteiger partial charge in [0.25, 0.3) is 5.56 Å². The van der Waals surface area contributed by atoms with Crippen LogP contribution in [0.4, 0.5) is 0 Å². The quantitative estimate of drug-likeness (QED) is 0.667. The number of aryl methyl sites for hydroxylation is 1. The molecule has 0 saturated carbocycles. The summed E-state index contributed by atoms with van der Waals surface area (Å²) in [6.45, 7) is 0.0378. The predicted octanol–water partition coefficient (Wildman–Crippen LogP) is 0.126. The van der Waals surface area contributed by atoms with Gasteiger partial charge in [-0.2, -0.15) is 0 Å². The van der Waals surface area contributed by atoms with Crippen LogP contribution in [0.3, 0.4) is 0 Å². The van der Waals surface area contributed by atoms with E-state index in [1.165, 1.54) is 7.05 Å². The van der Waals surface area contributed by atoms with Gasteiger partial charge in [-0.3, -0.25) is 9.59 Å². The topological polar surface area (TPSA) is 108 Å². The second-order valence-corrected chi connectivity index (χ2v) is 7.13. The van der Waals surface area contributed by atoms with Crippen molar-refractivity contribution in [3.05, 3.63) is 46.2 Å². The molecule has 2 rings (SSSR count). The van der Waals surface area contributed by atoms with E-state index >= 15 is 0 Å². The summed E-state index contributed by atoms with van der Waals surface area (Å²) in [6, 6.07) is 9.18. The molecule has 8 heteroatoms. The molecular formula is C15H19N3O4S. The van der Waals surface area contributed by atoms with Crippen LogP contribution in [0.15, 0.2) is 35.1 Å². The first kappa shape index (κ1) is 17.2. The molecule has 1 amide bonds. The number of fused-ring (bicyclic) bond motifs is 1. The van der Waals surface area contributed by atoms with Crippen molar-refractivity contribution in [1.29, 1.82) is 0 Å². The fraction of sp³-hybridized carbons (Fsp3) is 0.333. The van der Waals surface area contributed by atoms with E-state index in [1.54, 1.807) is 6.07 Å². The van der Waals surface area contributed by atoms with Crippen molar-refractivity contribution < 1.29 is 13.2 Å². The van der Waals surface area contributed by atoms with Crippen molar-refractivity contribution in [2.24, 2.45) is 0 Å². The molecule has 0 aliphatic heterocycles. The van der Waals surface area contributed by atoms with Crippen molar-refractivity contribution in [2.75, 3.05) is 19.3 Å². The second-order valence-electron chi connectivity index (χ2n) is 5.08. The van der Waals surface area contributed by atoms with Crippen LogP contribution >= 0.6 is 0 Å². The van der Waals surface area contributed by atoms with Crippen molar-refractivity contribution in [3.63, 3.8) is 0 Å². The van der Waals surface area contributed by atoms with E-state index < -0.39 is 10.0 Å². The van der Waals surface area contributed by atoms with Gasteiger partial charge < -0.3 is 10.3 Å². The minimum atomic E-state index is -3.33. The normalized spacial score (nSPS) is 11.5. The summed E-state index contributed by atoms with van der Waals surface area (Å²) >= 11 is 0. The van der Waals surface area contributed by atoms with Crippen molar-refractivity contribution in [3.8, 4) is 0 Å². The molecule has 7 nitrogen and oxygen atoms in total. The zero-order valence-corrected chi connectivity index (χ0v) is 13.6. The zero-order chi connectivity index (χ0) is 16.9. The number of para-hydroxylation sites is 1. The summed E-state index contributed by atoms with van der Waals surface area (Å²) in [6.07, 6.45) is 0.422. The van der Waals surface area contributed by atoms with Gasteiger partial charge >= 0.3 is 0 Å². The van der Waals surface area contributed by atoms with E-state index in [2.05, 4.69) is 15.0 Å². The van der Waals surface area contributed by atoms with Crippen LogP contribution in [0.25, 0.3) is 10.9 Å². The van der Waals surface area contributed by atoms with E-state index in [-0.39, 0.29) is 30.2 Å². The lowest BCUT2D eigenvalue weighted by molar-refractivity contribution is -0.120. The third-order valence-electron chi connectivity index (χ3n) is 3.46. The van der Waals surface area contributed by atoms with Crippen molar-refractivity contribution >= 4 is 26.8 Å². The van der Waals surface area contributed by atoms with Gasteiger partial charge in [0.15, 0.2) is 0 Å². The first-order valence-electron chi connectivity index (χ1n) is 7.20. The molecule has 0 atom stereocenters. The Bertz CT molecular complexity index is 858. The maximum absolute atomic E-state index is 12.0. The summed E-state index contributed by atoms with van der Waals surface area (Å²) in [4.78, 5) is 26.5. The smallest absolute Gasteiger partial charge is 0.251 e. The van der Waals surface area contributed by atoms with Gasteiger partial charge in [-0.1, -0.05) is 18.2 Å². The molecule has 0 aliphatic rings. The number of hydrogen-bond acceptors (Lipinski definition) is 4. The number of benzene rings is 1. The average molecular weight is 337 g/mol. The molecule has 0 unspecified atom stereocenters. The number of sulfonamides is 1. The monoisotopic (exact) mass is 337 g/mol. The van der Waals surface area contributed by atoms with E-state index in [9.17, 15) is 18.0 Å². The van der Waals surface area contributed by atoms with Crippen LogP contribution in [0.5, 0.6) is 0 Å². The number of carbonyl (C=O) groups excluding carboxylic acids is 1. The van der Waals surface area contributed by atoms with Gasteiger partial charge in [-0.05, 0) is 31.0 Å². The summed E-state index contributed by atoms with van der Waals surface area (Å²) < 4.78 is 24.6. The highest BCUT2D eigenvalue weighted by atomic mass is 32.2. The maximum atomic E-state index is 12.0. The minimum absolute atomic E-state index is 0.0378. The predicted molar refractivity (Wildman–Crippen MR) is 88.7 cm³/mol. The van der Waals surface area contributed by atoms with Crippen LogP contribution in [0.2, 0.25) is 0 Å². The third kappa shape index (κ3) is 4.90. The van der Waals surface area contributed by atoms with Gasteiger partial charge in [-0.25, -0.2) is 13.1 Å². The van der Waals surface area contributed by atoms with Crippen LogP contribution in [-0.4, -0.2) is 38.7 Å². The highest BCUT2D eigenvalue weighted by Crippen LogP contribution is 2.10. The highest BCUT2D eigenvalue weighted by Gasteiger charge is 2.09. The van der Waals surface area contributed by atoms with E-state index in [0.717, 1.165) is 10.9 Å². The zero-order valence-electron chi connectivity index (χ0n) is 12.8. The number of H-pyrrole nitrogens is 1. The number of carbonyl (C=O) groups is 1. The average Bonchev–Trinajstić information content (AvgIpc) is 2.52. The van der Waals surface area contributed by atoms with Crippen molar-refractivity contribution in [1.82, 2.24) is 15.0 Å². The lowest BCUT2D eigenvalue weighted by Gasteiger charge is -2.06. The Labute approximate surface area is 134 Å². The Hall–Kier alpha value is -2.19. The van der Waals surface area contributed by atoms with Gasteiger partial charge in [0.1, 0.15) is 0 Å². The fourth-order valence-electron chi connectivity index (χ4n) is 2.14. The van der Waals surface area contributed by atoms with Gasteiger partial charge in [-0.15, -0.1) is 0 Å². The molecule has 3 N–H and O–H groups in total. The van der Waals surface area contributed by atoms with Crippen LogP contribution < -0.4 is 15.6 Å². The van der Waals surface area contributed by atoms with Gasteiger partial charge in [0.2, 0.25) is 15.9 Å². The summed E-state index contributed by atoms with van der Waals surface area (Å²) in [5.41, 5.74) is 1.07. The lowest BCUT2D eigenvalue weighted by Crippen LogP contribution is -2.33. The summed E-state index contributed by atoms with van der Waals surface area (Å²) in [5.74, 6) is -0.463. The molecule has 2 aromatic rings. The van der Waals surface area contributed by atoms with E-state index in [1.807, 2.05) is 24.3 Å². The Morgan fingerprint density at radius 2 is 2.00 bits per heavy atom. The standard InChI is InChI=1S/C15H19N3O4S/c1-16-23(21,22)9-8-17-14(19)7-6-12-10-11-4-2-3-5-13(11)18-15(12)20/h2-5,10,16H,6-9H2,1H3,(H,17,19)(H,18,20). The van der Waals surface area contributed by atoms with Gasteiger partial charge in [0.05, 0.1) is 5.75 Å². The van der Waals surface area contributed by atoms with E-state index in [4.69, 9.17) is 0 Å². The SMILES string of the molecule is CNS(=O)(=O)CCNC(=O)CCc1cc2ccccc2[nH]c1=O. The van der Waals surface area contributed by atoms with Crippen molar-refractivity contribution in [2.45, 2.75) is 12.8 Å². The first-order chi connectivity index (χ1) is 10.9. The van der Waals surface area contributed by atoms with E-state index in [0.29, 0.717) is 12.0 Å². The molecule has 23 heavy (non-hydrogen) atoms. The number of rotatable bonds is 7.